The lowest BCUT2D eigenvalue weighted by Gasteiger charge is -2.12. The summed E-state index contributed by atoms with van der Waals surface area (Å²) in [5, 5.41) is 2.53. The van der Waals surface area contributed by atoms with Crippen LogP contribution in [0.5, 0.6) is 0 Å². The molecule has 0 N–H and O–H groups in total. The normalized spacial score (nSPS) is 15.5. The Labute approximate surface area is 363 Å². The van der Waals surface area contributed by atoms with Gasteiger partial charge in [0, 0.05) is 59.9 Å². The molecule has 2 aliphatic rings. The number of aryl methyl sites for hydroxylation is 2. The van der Waals surface area contributed by atoms with Gasteiger partial charge in [-0.25, -0.2) is 4.57 Å². The van der Waals surface area contributed by atoms with Gasteiger partial charge in [0.25, 0.3) is 11.1 Å². The molecule has 6 aromatic rings. The topological polar surface area (TPSA) is 93.5 Å². The number of esters is 1. The predicted molar refractivity (Wildman–Crippen MR) is 235 cm³/mol. The molecule has 2 aliphatic heterocycles. The van der Waals surface area contributed by atoms with E-state index in [4.69, 9.17) is 16.3 Å². The first-order chi connectivity index (χ1) is 27.5. The Balaban J connectivity index is 0.000000193. The summed E-state index contributed by atoms with van der Waals surface area (Å²) >= 11 is 12.2. The van der Waals surface area contributed by atoms with E-state index in [-0.39, 0.29) is 30.1 Å². The second-order valence-electron chi connectivity index (χ2n) is 13.3. The molecule has 300 valence electrons. The van der Waals surface area contributed by atoms with Crippen molar-refractivity contribution in [2.75, 3.05) is 31.0 Å². The lowest BCUT2D eigenvalue weighted by Crippen LogP contribution is -3.00. The van der Waals surface area contributed by atoms with E-state index in [9.17, 15) is 14.4 Å². The molecule has 58 heavy (non-hydrogen) atoms. The number of halogens is 2. The Kier molecular flexibility index (Phi) is 13.8. The molecule has 0 aliphatic carbocycles. The summed E-state index contributed by atoms with van der Waals surface area (Å²) in [5.41, 5.74) is 4.97. The van der Waals surface area contributed by atoms with E-state index in [1.807, 2.05) is 108 Å². The van der Waals surface area contributed by atoms with Gasteiger partial charge < -0.3 is 26.9 Å². The fourth-order valence-corrected chi connectivity index (χ4v) is 11.5. The first-order valence-corrected chi connectivity index (χ1v) is 21.7. The third-order valence-corrected chi connectivity index (χ3v) is 14.5. The zero-order chi connectivity index (χ0) is 40.4. The first kappa shape index (κ1) is 43.0. The summed E-state index contributed by atoms with van der Waals surface area (Å²) in [6.45, 7) is 4.70. The van der Waals surface area contributed by atoms with Gasteiger partial charge in [0.15, 0.2) is 6.20 Å². The van der Waals surface area contributed by atoms with Gasteiger partial charge in [-0.1, -0.05) is 54.2 Å². The molecule has 0 bridgehead atoms. The maximum absolute atomic E-state index is 13.3. The molecule has 0 fully saturated rings. The van der Waals surface area contributed by atoms with Crippen LogP contribution < -0.4 is 56.3 Å². The lowest BCUT2D eigenvalue weighted by atomic mass is 10.2. The zero-order valence-corrected chi connectivity index (χ0v) is 37.3. The van der Waals surface area contributed by atoms with Gasteiger partial charge in [-0.2, -0.15) is 0 Å². The number of anilines is 2. The van der Waals surface area contributed by atoms with E-state index < -0.39 is 5.97 Å². The van der Waals surface area contributed by atoms with Crippen molar-refractivity contribution < 1.29 is 26.5 Å². The number of methoxy groups -OCH3 is 1. The van der Waals surface area contributed by atoms with Gasteiger partial charge in [0.1, 0.15) is 42.0 Å². The molecule has 4 aromatic heterocycles. The number of thiazole rings is 2. The highest BCUT2D eigenvalue weighted by Gasteiger charge is 2.26. The Hall–Kier alpha value is -4.57. The second-order valence-corrected chi connectivity index (χ2v) is 17.8. The monoisotopic (exact) mass is 890 g/mol. The molecule has 2 aromatic carbocycles. The van der Waals surface area contributed by atoms with Crippen LogP contribution in [0.25, 0.3) is 22.2 Å². The van der Waals surface area contributed by atoms with Gasteiger partial charge in [-0.15, -0.1) is 22.7 Å². The maximum Gasteiger partial charge on any atom is 0.325 e. The smallest absolute Gasteiger partial charge is 0.325 e. The van der Waals surface area contributed by atoms with Crippen LogP contribution >= 0.6 is 57.8 Å². The van der Waals surface area contributed by atoms with Crippen molar-refractivity contribution in [1.29, 1.82) is 0 Å². The Bertz CT molecular complexity index is 2890. The van der Waals surface area contributed by atoms with Crippen molar-refractivity contribution in [2.24, 2.45) is 7.05 Å². The lowest BCUT2D eigenvalue weighted by molar-refractivity contribution is -0.673. The molecule has 0 saturated carbocycles. The van der Waals surface area contributed by atoms with Crippen molar-refractivity contribution in [1.82, 2.24) is 14.1 Å². The molecule has 0 spiro atoms. The average Bonchev–Trinajstić information content (AvgIpc) is 3.89. The largest absolute Gasteiger partial charge is 1.00 e. The van der Waals surface area contributed by atoms with Crippen LogP contribution in [-0.4, -0.2) is 41.3 Å². The second kappa shape index (κ2) is 18.6. The number of fused-ring (bicyclic) bond motifs is 2. The average molecular weight is 892 g/mol. The fraction of sp³-hybridized carbons (Fsp3) is 0.214. The number of hydrogen-bond donors (Lipinski definition) is 0. The number of carbonyl (C=O) groups excluding carboxylic acids is 1. The highest BCUT2D eigenvalue weighted by atomic mass is 35.5. The number of benzene rings is 2. The predicted octanol–water partition coefficient (Wildman–Crippen LogP) is 1.86. The molecule has 0 atom stereocenters. The first-order valence-electron chi connectivity index (χ1n) is 18.0. The summed E-state index contributed by atoms with van der Waals surface area (Å²) in [6.07, 6.45) is 8.51. The van der Waals surface area contributed by atoms with Crippen LogP contribution in [0.4, 0.5) is 11.4 Å². The van der Waals surface area contributed by atoms with Crippen LogP contribution in [0.2, 0.25) is 5.02 Å². The molecule has 0 amide bonds. The molecule has 8 rings (SSSR count). The van der Waals surface area contributed by atoms with Crippen molar-refractivity contribution in [3.05, 3.63) is 146 Å². The minimum Gasteiger partial charge on any atom is -1.00 e. The fourth-order valence-electron chi connectivity index (χ4n) is 6.30. The van der Waals surface area contributed by atoms with Crippen LogP contribution in [0.1, 0.15) is 30.3 Å². The van der Waals surface area contributed by atoms with E-state index in [0.717, 1.165) is 58.2 Å². The molecular weight excluding hydrogens is 852 g/mol. The van der Waals surface area contributed by atoms with Gasteiger partial charge >= 0.3 is 5.97 Å². The number of pyridine rings is 2. The van der Waals surface area contributed by atoms with Gasteiger partial charge in [-0.3, -0.25) is 28.5 Å². The number of rotatable bonds is 6. The van der Waals surface area contributed by atoms with Crippen LogP contribution in [-0.2, 0) is 29.7 Å². The third kappa shape index (κ3) is 8.87. The van der Waals surface area contributed by atoms with Crippen LogP contribution in [0.15, 0.2) is 105 Å². The standard InChI is InChI=1S/C22H22N3O3S2.C20H18ClN3OS2.ClH/c1-14-8-9-16-17(11-14)29-22(24(16)3)20-21(27)25(13-19(26)28-4)18(30-20)12-15-7-5-6-10-23(15)2;1-3-10-24-17(12-14-6-4-5-9-22-14)27-18(19(24)25)20-23(2)15-8-7-13(21)11-16(15)26-20;/h5-12H,13H2,1-4H3;4-9,11-12H,3,10H2,1-2H3;1H/q+1;;/p-1/b22-20+;17-12-,20-18+;. The van der Waals surface area contributed by atoms with E-state index in [1.54, 1.807) is 29.7 Å². The van der Waals surface area contributed by atoms with E-state index in [2.05, 4.69) is 41.9 Å². The van der Waals surface area contributed by atoms with E-state index in [1.165, 1.54) is 39.9 Å². The Morgan fingerprint density at radius 1 is 0.845 bits per heavy atom. The minimum absolute atomic E-state index is 0. The number of thioether (sulfide) groups is 2. The summed E-state index contributed by atoms with van der Waals surface area (Å²) in [7, 11) is 7.23. The summed E-state index contributed by atoms with van der Waals surface area (Å²) in [5.74, 6) is -0.454. The molecule has 6 heterocycles. The Morgan fingerprint density at radius 2 is 1.47 bits per heavy atom. The summed E-state index contributed by atoms with van der Waals surface area (Å²) < 4.78 is 13.1. The third-order valence-electron chi connectivity index (χ3n) is 9.28. The number of ether oxygens (including phenoxy) is 1. The van der Waals surface area contributed by atoms with E-state index in [0.29, 0.717) is 20.8 Å². The quantitative estimate of drug-likeness (QED) is 0.184. The molecule has 0 saturated heterocycles. The molecule has 16 heteroatoms. The number of carbonyl (C=O) groups is 1. The molecule has 0 unspecified atom stereocenters. The van der Waals surface area contributed by atoms with Crippen molar-refractivity contribution >= 4 is 97.4 Å². The van der Waals surface area contributed by atoms with Gasteiger partial charge in [-0.05, 0) is 73.5 Å². The van der Waals surface area contributed by atoms with Gasteiger partial charge in [0.05, 0.1) is 24.2 Å². The summed E-state index contributed by atoms with van der Waals surface area (Å²) in [6, 6.07) is 23.7. The minimum atomic E-state index is -0.454. The zero-order valence-electron chi connectivity index (χ0n) is 32.6. The molecular formula is C42H40Cl2N6O4S4. The summed E-state index contributed by atoms with van der Waals surface area (Å²) in [4.78, 5) is 49.2. The highest BCUT2D eigenvalue weighted by Crippen LogP contribution is 2.47. The highest BCUT2D eigenvalue weighted by molar-refractivity contribution is 8.09. The molecule has 0 radical (unpaired) electrons. The van der Waals surface area contributed by atoms with Crippen molar-refractivity contribution in [3.8, 4) is 0 Å². The van der Waals surface area contributed by atoms with Crippen molar-refractivity contribution in [2.45, 2.75) is 43.1 Å². The van der Waals surface area contributed by atoms with Gasteiger partial charge in [0.2, 0.25) is 5.69 Å². The van der Waals surface area contributed by atoms with Crippen LogP contribution in [0.3, 0.4) is 0 Å². The maximum atomic E-state index is 13.3. The Morgan fingerprint density at radius 3 is 2.09 bits per heavy atom. The van der Waals surface area contributed by atoms with Crippen LogP contribution in [0, 0.1) is 6.92 Å². The SMILES string of the molecule is CCCn1c(=O)/c(=C2\Sc3cc(Cl)ccc3N2C)s/c1=C\c1ccccn1.COC(=O)Cn1c(=O)/c(=C2\Sc3cc(C)ccc3N2C)s/c1=C\c1cccc[n+]1C.[Cl-]. The van der Waals surface area contributed by atoms with Crippen molar-refractivity contribution in [3.63, 3.8) is 0 Å². The number of aromatic nitrogens is 4. The number of nitrogens with zero attached hydrogens (tertiary/aromatic N) is 6. The number of hydrogen-bond acceptors (Lipinski definition) is 11. The molecule has 10 nitrogen and oxygen atoms in total. The van der Waals surface area contributed by atoms with E-state index >= 15 is 0 Å².